The number of rotatable bonds is 4. The summed E-state index contributed by atoms with van der Waals surface area (Å²) in [5.41, 5.74) is 3.06. The lowest BCUT2D eigenvalue weighted by Gasteiger charge is -2.20. The van der Waals surface area contributed by atoms with Crippen LogP contribution in [0, 0.1) is 0 Å². The number of hydrogen-bond acceptors (Lipinski definition) is 1. The molecule has 0 aliphatic carbocycles. The van der Waals surface area contributed by atoms with Gasteiger partial charge in [0.1, 0.15) is 0 Å². The topological polar surface area (TPSA) is 20.3 Å². The molecule has 2 heteroatoms. The summed E-state index contributed by atoms with van der Waals surface area (Å²) in [6.45, 7) is 4.86. The van der Waals surface area contributed by atoms with Crippen molar-refractivity contribution in [2.75, 3.05) is 7.05 Å². The monoisotopic (exact) mass is 267 g/mol. The summed E-state index contributed by atoms with van der Waals surface area (Å²) in [6, 6.07) is 17.9. The van der Waals surface area contributed by atoms with Crippen LogP contribution in [0.25, 0.3) is 0 Å². The standard InChI is InChI=1S/C18H21NO/c1-14(2)16-11-7-8-12-17(16)18(20)19(3)13-15-9-5-4-6-10-15/h4-12,14H,13H2,1-3H3. The Morgan fingerprint density at radius 1 is 1.00 bits per heavy atom. The maximum atomic E-state index is 12.6. The van der Waals surface area contributed by atoms with E-state index < -0.39 is 0 Å². The first-order valence-corrected chi connectivity index (χ1v) is 6.98. The quantitative estimate of drug-likeness (QED) is 0.817. The molecule has 0 aliphatic rings. The number of benzene rings is 2. The van der Waals surface area contributed by atoms with Gasteiger partial charge in [0.05, 0.1) is 0 Å². The highest BCUT2D eigenvalue weighted by Gasteiger charge is 2.16. The van der Waals surface area contributed by atoms with Crippen LogP contribution >= 0.6 is 0 Å². The highest BCUT2D eigenvalue weighted by molar-refractivity contribution is 5.95. The minimum Gasteiger partial charge on any atom is -0.337 e. The lowest BCUT2D eigenvalue weighted by molar-refractivity contribution is 0.0783. The highest BCUT2D eigenvalue weighted by atomic mass is 16.2. The summed E-state index contributed by atoms with van der Waals surface area (Å²) in [7, 11) is 1.85. The molecule has 20 heavy (non-hydrogen) atoms. The Balaban J connectivity index is 2.19. The first kappa shape index (κ1) is 14.3. The van der Waals surface area contributed by atoms with Crippen molar-refractivity contribution in [1.82, 2.24) is 4.90 Å². The van der Waals surface area contributed by atoms with Gasteiger partial charge in [-0.1, -0.05) is 62.4 Å². The number of hydrogen-bond donors (Lipinski definition) is 0. The summed E-state index contributed by atoms with van der Waals surface area (Å²) >= 11 is 0. The van der Waals surface area contributed by atoms with E-state index in [-0.39, 0.29) is 5.91 Å². The van der Waals surface area contributed by atoms with Gasteiger partial charge in [-0.15, -0.1) is 0 Å². The van der Waals surface area contributed by atoms with E-state index in [1.807, 2.05) is 61.6 Å². The van der Waals surface area contributed by atoms with E-state index in [0.29, 0.717) is 12.5 Å². The number of amides is 1. The van der Waals surface area contributed by atoms with Gasteiger partial charge >= 0.3 is 0 Å². The molecular weight excluding hydrogens is 246 g/mol. The van der Waals surface area contributed by atoms with Crippen molar-refractivity contribution in [3.05, 3.63) is 71.3 Å². The molecule has 0 aromatic heterocycles. The van der Waals surface area contributed by atoms with Gasteiger partial charge < -0.3 is 4.90 Å². The van der Waals surface area contributed by atoms with Gasteiger partial charge in [-0.3, -0.25) is 4.79 Å². The third-order valence-corrected chi connectivity index (χ3v) is 3.42. The predicted octanol–water partition coefficient (Wildman–Crippen LogP) is 4.08. The zero-order valence-electron chi connectivity index (χ0n) is 12.3. The van der Waals surface area contributed by atoms with E-state index in [1.165, 1.54) is 0 Å². The van der Waals surface area contributed by atoms with Crippen molar-refractivity contribution in [2.24, 2.45) is 0 Å². The maximum Gasteiger partial charge on any atom is 0.254 e. The van der Waals surface area contributed by atoms with Crippen LogP contribution in [0.4, 0.5) is 0 Å². The van der Waals surface area contributed by atoms with Crippen molar-refractivity contribution < 1.29 is 4.79 Å². The van der Waals surface area contributed by atoms with E-state index in [1.54, 1.807) is 4.90 Å². The van der Waals surface area contributed by atoms with Gasteiger partial charge in [0, 0.05) is 19.2 Å². The molecule has 0 atom stereocenters. The second-order valence-electron chi connectivity index (χ2n) is 5.39. The molecule has 0 aliphatic heterocycles. The van der Waals surface area contributed by atoms with E-state index >= 15 is 0 Å². The molecule has 2 aromatic carbocycles. The van der Waals surface area contributed by atoms with Crippen LogP contribution in [0.15, 0.2) is 54.6 Å². The van der Waals surface area contributed by atoms with Crippen LogP contribution in [-0.2, 0) is 6.54 Å². The van der Waals surface area contributed by atoms with Crippen molar-refractivity contribution in [2.45, 2.75) is 26.3 Å². The Morgan fingerprint density at radius 2 is 1.60 bits per heavy atom. The largest absolute Gasteiger partial charge is 0.337 e. The summed E-state index contributed by atoms with van der Waals surface area (Å²) in [5, 5.41) is 0. The smallest absolute Gasteiger partial charge is 0.254 e. The fourth-order valence-corrected chi connectivity index (χ4v) is 2.33. The molecule has 0 heterocycles. The summed E-state index contributed by atoms with van der Waals surface area (Å²) < 4.78 is 0. The number of carbonyl (C=O) groups excluding carboxylic acids is 1. The van der Waals surface area contributed by atoms with Gasteiger partial charge in [-0.05, 0) is 23.1 Å². The van der Waals surface area contributed by atoms with E-state index in [0.717, 1.165) is 16.7 Å². The third-order valence-electron chi connectivity index (χ3n) is 3.42. The molecule has 104 valence electrons. The van der Waals surface area contributed by atoms with Gasteiger partial charge in [-0.25, -0.2) is 0 Å². The van der Waals surface area contributed by atoms with Gasteiger partial charge in [-0.2, -0.15) is 0 Å². The van der Waals surface area contributed by atoms with Crippen molar-refractivity contribution >= 4 is 5.91 Å². The molecule has 0 radical (unpaired) electrons. The molecule has 0 saturated heterocycles. The van der Waals surface area contributed by atoms with Gasteiger partial charge in [0.2, 0.25) is 0 Å². The van der Waals surface area contributed by atoms with Gasteiger partial charge in [0.25, 0.3) is 5.91 Å². The second-order valence-corrected chi connectivity index (χ2v) is 5.39. The molecule has 2 aromatic rings. The average molecular weight is 267 g/mol. The van der Waals surface area contributed by atoms with Crippen LogP contribution in [0.1, 0.15) is 41.3 Å². The SMILES string of the molecule is CC(C)c1ccccc1C(=O)N(C)Cc1ccccc1. The molecule has 0 N–H and O–H groups in total. The number of nitrogens with zero attached hydrogens (tertiary/aromatic N) is 1. The Hall–Kier alpha value is -2.09. The minimum absolute atomic E-state index is 0.0816. The van der Waals surface area contributed by atoms with Crippen LogP contribution < -0.4 is 0 Å². The molecule has 0 spiro atoms. The Kier molecular flexibility index (Phi) is 4.57. The molecule has 1 amide bonds. The fraction of sp³-hybridized carbons (Fsp3) is 0.278. The average Bonchev–Trinajstić information content (AvgIpc) is 2.47. The van der Waals surface area contributed by atoms with Crippen molar-refractivity contribution in [1.29, 1.82) is 0 Å². The van der Waals surface area contributed by atoms with Crippen LogP contribution in [0.3, 0.4) is 0 Å². The Bertz CT molecular complexity index is 575. The van der Waals surface area contributed by atoms with Gasteiger partial charge in [0.15, 0.2) is 0 Å². The third kappa shape index (κ3) is 3.27. The van der Waals surface area contributed by atoms with Crippen molar-refractivity contribution in [3.63, 3.8) is 0 Å². The van der Waals surface area contributed by atoms with Crippen LogP contribution in [-0.4, -0.2) is 17.9 Å². The molecule has 0 bridgehead atoms. The molecule has 0 saturated carbocycles. The van der Waals surface area contributed by atoms with Crippen LogP contribution in [0.5, 0.6) is 0 Å². The maximum absolute atomic E-state index is 12.6. The zero-order chi connectivity index (χ0) is 14.5. The second kappa shape index (κ2) is 6.38. The normalized spacial score (nSPS) is 10.6. The molecule has 0 unspecified atom stereocenters. The molecule has 2 rings (SSSR count). The minimum atomic E-state index is 0.0816. The molecule has 0 fully saturated rings. The zero-order valence-corrected chi connectivity index (χ0v) is 12.3. The van der Waals surface area contributed by atoms with E-state index in [4.69, 9.17) is 0 Å². The highest BCUT2D eigenvalue weighted by Crippen LogP contribution is 2.20. The summed E-state index contributed by atoms with van der Waals surface area (Å²) in [6.07, 6.45) is 0. The molecular formula is C18H21NO. The Labute approximate surface area is 121 Å². The summed E-state index contributed by atoms with van der Waals surface area (Å²) in [5.74, 6) is 0.429. The fourth-order valence-electron chi connectivity index (χ4n) is 2.33. The first-order chi connectivity index (χ1) is 9.59. The van der Waals surface area contributed by atoms with Crippen molar-refractivity contribution in [3.8, 4) is 0 Å². The lowest BCUT2D eigenvalue weighted by Crippen LogP contribution is -2.27. The summed E-state index contributed by atoms with van der Waals surface area (Å²) in [4.78, 5) is 14.4. The van der Waals surface area contributed by atoms with E-state index in [9.17, 15) is 4.79 Å². The lowest BCUT2D eigenvalue weighted by atomic mass is 9.96. The number of carbonyl (C=O) groups is 1. The predicted molar refractivity (Wildman–Crippen MR) is 82.8 cm³/mol. The van der Waals surface area contributed by atoms with E-state index in [2.05, 4.69) is 13.8 Å². The molecule has 2 nitrogen and oxygen atoms in total. The first-order valence-electron chi connectivity index (χ1n) is 6.98. The van der Waals surface area contributed by atoms with Crippen LogP contribution in [0.2, 0.25) is 0 Å². The Morgan fingerprint density at radius 3 is 2.25 bits per heavy atom.